The molecule has 3 aliphatic rings. The Morgan fingerprint density at radius 2 is 2.04 bits per heavy atom. The van der Waals surface area contributed by atoms with Gasteiger partial charge in [-0.05, 0) is 19.3 Å². The third kappa shape index (κ3) is 3.28. The van der Waals surface area contributed by atoms with Gasteiger partial charge in [0.1, 0.15) is 6.10 Å². The Labute approximate surface area is 146 Å². The highest BCUT2D eigenvalue weighted by molar-refractivity contribution is 5.91. The van der Waals surface area contributed by atoms with Crippen molar-refractivity contribution in [2.24, 2.45) is 5.41 Å². The highest BCUT2D eigenvalue weighted by Crippen LogP contribution is 2.41. The van der Waals surface area contributed by atoms with Gasteiger partial charge in [-0.1, -0.05) is 5.16 Å². The van der Waals surface area contributed by atoms with Gasteiger partial charge < -0.3 is 23.8 Å². The smallest absolute Gasteiger partial charge is 0.292 e. The quantitative estimate of drug-likeness (QED) is 0.775. The zero-order chi connectivity index (χ0) is 17.3. The number of likely N-dealkylation sites (tertiary alicyclic amines) is 1. The lowest BCUT2D eigenvalue weighted by Crippen LogP contribution is -2.48. The van der Waals surface area contributed by atoms with Gasteiger partial charge in [0, 0.05) is 37.7 Å². The Balaban J connectivity index is 1.40. The van der Waals surface area contributed by atoms with E-state index in [0.717, 1.165) is 12.8 Å². The predicted octanol–water partition coefficient (Wildman–Crippen LogP) is 0.545. The molecular formula is C17H23N3O5. The number of nitrogens with zero attached hydrogens (tertiary/aromatic N) is 3. The van der Waals surface area contributed by atoms with Gasteiger partial charge >= 0.3 is 0 Å². The first-order chi connectivity index (χ1) is 12.2. The molecule has 0 aromatic carbocycles. The van der Waals surface area contributed by atoms with Gasteiger partial charge in [0.2, 0.25) is 5.76 Å². The second kappa shape index (κ2) is 6.76. The van der Waals surface area contributed by atoms with Crippen LogP contribution in [0.4, 0.5) is 0 Å². The minimum Gasteiger partial charge on any atom is -0.378 e. The van der Waals surface area contributed by atoms with Crippen LogP contribution in [-0.2, 0) is 14.3 Å². The first-order valence-electron chi connectivity index (χ1n) is 8.85. The molecule has 2 unspecified atom stereocenters. The monoisotopic (exact) mass is 349 g/mol. The second-order valence-corrected chi connectivity index (χ2v) is 7.15. The second-order valence-electron chi connectivity index (χ2n) is 7.15. The van der Waals surface area contributed by atoms with Gasteiger partial charge in [-0.2, -0.15) is 0 Å². The summed E-state index contributed by atoms with van der Waals surface area (Å²) in [4.78, 5) is 28.8. The Hall–Kier alpha value is -1.93. The van der Waals surface area contributed by atoms with Crippen LogP contribution in [0.25, 0.3) is 0 Å². The number of hydrogen-bond acceptors (Lipinski definition) is 6. The van der Waals surface area contributed by atoms with Crippen molar-refractivity contribution in [3.05, 3.63) is 18.0 Å². The molecule has 2 atom stereocenters. The summed E-state index contributed by atoms with van der Waals surface area (Å²) < 4.78 is 16.2. The van der Waals surface area contributed by atoms with E-state index in [2.05, 4.69) is 5.16 Å². The molecule has 2 amide bonds. The van der Waals surface area contributed by atoms with Gasteiger partial charge in [-0.3, -0.25) is 9.59 Å². The molecule has 1 aromatic rings. The fourth-order valence-electron chi connectivity index (χ4n) is 4.08. The topological polar surface area (TPSA) is 85.1 Å². The molecule has 0 saturated carbocycles. The number of aromatic nitrogens is 1. The summed E-state index contributed by atoms with van der Waals surface area (Å²) >= 11 is 0. The van der Waals surface area contributed by atoms with Crippen LogP contribution < -0.4 is 0 Å². The molecule has 0 N–H and O–H groups in total. The molecule has 3 aliphatic heterocycles. The molecular weight excluding hydrogens is 326 g/mol. The van der Waals surface area contributed by atoms with Crippen molar-refractivity contribution in [3.8, 4) is 0 Å². The Bertz CT molecular complexity index is 628. The summed E-state index contributed by atoms with van der Waals surface area (Å²) in [5.74, 6) is 0.176. The van der Waals surface area contributed by atoms with Gasteiger partial charge in [0.05, 0.1) is 26.0 Å². The number of ether oxygens (including phenoxy) is 2. The molecule has 0 radical (unpaired) electrons. The summed E-state index contributed by atoms with van der Waals surface area (Å²) in [5.41, 5.74) is -0.138. The summed E-state index contributed by atoms with van der Waals surface area (Å²) in [7, 11) is 0. The molecule has 0 aliphatic carbocycles. The third-order valence-corrected chi connectivity index (χ3v) is 5.40. The van der Waals surface area contributed by atoms with Gasteiger partial charge in [-0.15, -0.1) is 0 Å². The van der Waals surface area contributed by atoms with E-state index >= 15 is 0 Å². The SMILES string of the molecule is O=C(c1ccno1)N1CCCC2(COC(C(=O)N3CCOCC3)C2)C1. The fourth-order valence-corrected chi connectivity index (χ4v) is 4.08. The van der Waals surface area contributed by atoms with Crippen LogP contribution in [0.1, 0.15) is 29.8 Å². The van der Waals surface area contributed by atoms with Gasteiger partial charge in [0.15, 0.2) is 0 Å². The third-order valence-electron chi connectivity index (χ3n) is 5.40. The van der Waals surface area contributed by atoms with Crippen molar-refractivity contribution in [2.75, 3.05) is 46.0 Å². The molecule has 8 heteroatoms. The number of rotatable bonds is 2. The van der Waals surface area contributed by atoms with E-state index in [1.807, 2.05) is 4.90 Å². The number of piperidine rings is 1. The highest BCUT2D eigenvalue weighted by atomic mass is 16.5. The maximum atomic E-state index is 12.7. The zero-order valence-corrected chi connectivity index (χ0v) is 14.2. The largest absolute Gasteiger partial charge is 0.378 e. The van der Waals surface area contributed by atoms with Crippen molar-refractivity contribution in [3.63, 3.8) is 0 Å². The van der Waals surface area contributed by atoms with Crippen molar-refractivity contribution >= 4 is 11.8 Å². The molecule has 3 saturated heterocycles. The summed E-state index contributed by atoms with van der Waals surface area (Å²) in [6.45, 7) is 4.24. The molecule has 136 valence electrons. The minimum atomic E-state index is -0.404. The normalized spacial score (nSPS) is 30.0. The van der Waals surface area contributed by atoms with E-state index in [4.69, 9.17) is 14.0 Å². The van der Waals surface area contributed by atoms with Crippen LogP contribution in [0.2, 0.25) is 0 Å². The van der Waals surface area contributed by atoms with Crippen molar-refractivity contribution < 1.29 is 23.6 Å². The number of morpholine rings is 1. The van der Waals surface area contributed by atoms with Crippen LogP contribution in [0, 0.1) is 5.41 Å². The van der Waals surface area contributed by atoms with Crippen molar-refractivity contribution in [1.82, 2.24) is 15.0 Å². The molecule has 25 heavy (non-hydrogen) atoms. The Morgan fingerprint density at radius 3 is 2.80 bits per heavy atom. The average molecular weight is 349 g/mol. The van der Waals surface area contributed by atoms with E-state index in [0.29, 0.717) is 52.4 Å². The van der Waals surface area contributed by atoms with Crippen molar-refractivity contribution in [2.45, 2.75) is 25.4 Å². The van der Waals surface area contributed by atoms with Crippen molar-refractivity contribution in [1.29, 1.82) is 0 Å². The van der Waals surface area contributed by atoms with Crippen LogP contribution in [0.5, 0.6) is 0 Å². The number of carbonyl (C=O) groups excluding carboxylic acids is 2. The molecule has 4 rings (SSSR count). The van der Waals surface area contributed by atoms with E-state index in [-0.39, 0.29) is 23.0 Å². The average Bonchev–Trinajstić information content (AvgIpc) is 3.32. The molecule has 0 bridgehead atoms. The number of carbonyl (C=O) groups is 2. The molecule has 1 spiro atoms. The molecule has 8 nitrogen and oxygen atoms in total. The van der Waals surface area contributed by atoms with E-state index in [1.165, 1.54) is 6.20 Å². The number of amides is 2. The minimum absolute atomic E-state index is 0.0545. The summed E-state index contributed by atoms with van der Waals surface area (Å²) in [6, 6.07) is 1.58. The molecule has 3 fully saturated rings. The van der Waals surface area contributed by atoms with E-state index in [1.54, 1.807) is 11.0 Å². The fraction of sp³-hybridized carbons (Fsp3) is 0.706. The standard InChI is InChI=1S/C17H23N3O5/c21-15(13-2-4-18-25-13)20-5-1-3-17(11-20)10-14(24-12-17)16(22)19-6-8-23-9-7-19/h2,4,14H,1,3,5-12H2. The first-order valence-corrected chi connectivity index (χ1v) is 8.85. The summed E-state index contributed by atoms with van der Waals surface area (Å²) in [5, 5.41) is 3.61. The van der Waals surface area contributed by atoms with Crippen LogP contribution >= 0.6 is 0 Å². The lowest BCUT2D eigenvalue weighted by Gasteiger charge is -2.39. The number of hydrogen-bond donors (Lipinski definition) is 0. The zero-order valence-electron chi connectivity index (χ0n) is 14.2. The van der Waals surface area contributed by atoms with Gasteiger partial charge in [-0.25, -0.2) is 0 Å². The molecule has 1 aromatic heterocycles. The maximum absolute atomic E-state index is 12.7. The predicted molar refractivity (Wildman–Crippen MR) is 85.8 cm³/mol. The van der Waals surface area contributed by atoms with Crippen LogP contribution in [0.3, 0.4) is 0 Å². The Kier molecular flexibility index (Phi) is 4.47. The van der Waals surface area contributed by atoms with E-state index in [9.17, 15) is 9.59 Å². The maximum Gasteiger partial charge on any atom is 0.292 e. The van der Waals surface area contributed by atoms with E-state index < -0.39 is 6.10 Å². The molecule has 4 heterocycles. The highest BCUT2D eigenvalue weighted by Gasteiger charge is 2.47. The summed E-state index contributed by atoms with van der Waals surface area (Å²) in [6.07, 6.45) is 3.62. The van der Waals surface area contributed by atoms with Crippen LogP contribution in [-0.4, -0.2) is 78.9 Å². The van der Waals surface area contributed by atoms with Gasteiger partial charge in [0.25, 0.3) is 11.8 Å². The Morgan fingerprint density at radius 1 is 1.20 bits per heavy atom. The lowest BCUT2D eigenvalue weighted by atomic mass is 9.78. The lowest BCUT2D eigenvalue weighted by molar-refractivity contribution is -0.144. The van der Waals surface area contributed by atoms with Crippen LogP contribution in [0.15, 0.2) is 16.8 Å². The first kappa shape index (κ1) is 16.5.